The van der Waals surface area contributed by atoms with E-state index >= 15 is 0 Å². The monoisotopic (exact) mass is 2130 g/mol. The summed E-state index contributed by atoms with van der Waals surface area (Å²) in [4.78, 5) is 28.5. The molecule has 0 unspecified atom stereocenters. The molecular weight excluding hydrogens is 2020 g/mol. The Morgan fingerprint density at radius 2 is 0.851 bits per heavy atom. The van der Waals surface area contributed by atoms with E-state index in [0.29, 0.717) is 35.4 Å². The van der Waals surface area contributed by atoms with E-state index in [1.54, 1.807) is 25.0 Å². The number of rotatable bonds is 20. The third-order valence-electron chi connectivity index (χ3n) is 21.9. The number of nitrogens with zero attached hydrogens (tertiary/aromatic N) is 15. The maximum absolute atomic E-state index is 4.86. The molecule has 0 saturated heterocycles. The summed E-state index contributed by atoms with van der Waals surface area (Å²) in [6.07, 6.45) is 10.5. The second-order valence-corrected chi connectivity index (χ2v) is 34.9. The van der Waals surface area contributed by atoms with Crippen molar-refractivity contribution in [3.63, 3.8) is 0 Å². The molecule has 1 aliphatic carbocycles. The SMILES string of the molecule is CC(C)Cc1cccc(CC(C)C)c1-c1nnc(-c2[c-]cc3c(c2)C(C)(C)c2ccccc2-3)n1-c1ncccn1.CC(C)Cc1ncnc(CC(C)C)c1-n1c(-c2[c-]cc3ccccc3c2)nnc1-c1ccc(-c2ccccc2)cc1.CC(C)c1ncnc(C(C)C)c1-n1c(-c2ccc(C(C)(C)C)cc2)nnc1-c1[c-]ccc2ccccc12.[Ir].[Ir].[Ir]. The first-order chi connectivity index (χ1) is 56.9. The van der Waals surface area contributed by atoms with Gasteiger partial charge >= 0.3 is 0 Å². The number of benzene rings is 10. The van der Waals surface area contributed by atoms with Gasteiger partial charge in [0.05, 0.1) is 51.6 Å². The largest absolute Gasteiger partial charge is 0.313 e. The molecule has 0 N–H and O–H groups in total. The van der Waals surface area contributed by atoms with Crippen LogP contribution < -0.4 is 0 Å². The van der Waals surface area contributed by atoms with Gasteiger partial charge in [0.1, 0.15) is 12.7 Å². The number of hydrogen-bond donors (Lipinski definition) is 0. The Kier molecular flexibility index (Phi) is 28.6. The van der Waals surface area contributed by atoms with E-state index < -0.39 is 0 Å². The molecule has 3 radical (unpaired) electrons. The quantitative estimate of drug-likeness (QED) is 0.0663. The van der Waals surface area contributed by atoms with Crippen molar-refractivity contribution in [2.24, 2.45) is 23.7 Å². The van der Waals surface area contributed by atoms with Crippen LogP contribution in [0.4, 0.5) is 0 Å². The summed E-state index contributed by atoms with van der Waals surface area (Å²) in [6.45, 7) is 37.9. The molecule has 18 heteroatoms. The summed E-state index contributed by atoms with van der Waals surface area (Å²) in [5, 5.41) is 33.3. The molecule has 0 fully saturated rings. The van der Waals surface area contributed by atoms with E-state index in [1.165, 1.54) is 44.5 Å². The molecule has 121 heavy (non-hydrogen) atoms. The Morgan fingerprint density at radius 1 is 0.372 bits per heavy atom. The van der Waals surface area contributed by atoms with Crippen LogP contribution in [0.25, 0.3) is 129 Å². The molecule has 17 rings (SSSR count). The van der Waals surface area contributed by atoms with E-state index in [4.69, 9.17) is 50.5 Å². The fourth-order valence-corrected chi connectivity index (χ4v) is 16.3. The van der Waals surface area contributed by atoms with Crippen molar-refractivity contribution in [1.82, 2.24) is 74.2 Å². The molecule has 0 aliphatic heterocycles. The molecule has 621 valence electrons. The van der Waals surface area contributed by atoms with Crippen LogP contribution in [-0.4, -0.2) is 74.2 Å². The first-order valence-electron chi connectivity index (χ1n) is 41.6. The minimum atomic E-state index is -0.124. The Hall–Kier alpha value is -10.7. The van der Waals surface area contributed by atoms with Gasteiger partial charge in [-0.3, -0.25) is 4.57 Å². The fraction of sp³-hybridized carbons (Fsp3) is 0.282. The zero-order valence-corrected chi connectivity index (χ0v) is 79.2. The predicted octanol–water partition coefficient (Wildman–Crippen LogP) is 24.2. The van der Waals surface area contributed by atoms with E-state index in [2.05, 4.69) is 337 Å². The van der Waals surface area contributed by atoms with Crippen molar-refractivity contribution >= 4 is 21.5 Å². The first kappa shape index (κ1) is 89.6. The van der Waals surface area contributed by atoms with Crippen LogP contribution in [0, 0.1) is 41.9 Å². The van der Waals surface area contributed by atoms with Crippen molar-refractivity contribution < 1.29 is 60.3 Å². The third-order valence-corrected chi connectivity index (χ3v) is 21.9. The van der Waals surface area contributed by atoms with Crippen LogP contribution in [-0.2, 0) is 96.8 Å². The van der Waals surface area contributed by atoms with Gasteiger partial charge in [0.2, 0.25) is 5.95 Å². The average molecular weight is 2130 g/mol. The Labute approximate surface area is 753 Å². The second-order valence-electron chi connectivity index (χ2n) is 34.9. The van der Waals surface area contributed by atoms with Crippen LogP contribution in [0.2, 0.25) is 0 Å². The number of aromatic nitrogens is 15. The molecule has 0 amide bonds. The van der Waals surface area contributed by atoms with Gasteiger partial charge in [0.15, 0.2) is 17.5 Å². The van der Waals surface area contributed by atoms with Gasteiger partial charge in [-0.25, -0.2) is 29.9 Å². The smallest absolute Gasteiger partial charge is 0.228 e. The molecule has 10 aromatic carbocycles. The van der Waals surface area contributed by atoms with E-state index in [0.717, 1.165) is 149 Å². The molecule has 6 aromatic heterocycles. The van der Waals surface area contributed by atoms with Crippen LogP contribution in [0.5, 0.6) is 0 Å². The first-order valence-corrected chi connectivity index (χ1v) is 41.6. The predicted molar refractivity (Wildman–Crippen MR) is 479 cm³/mol. The number of fused-ring (bicyclic) bond motifs is 5. The molecule has 0 atom stereocenters. The van der Waals surface area contributed by atoms with Gasteiger partial charge in [-0.1, -0.05) is 315 Å². The topological polar surface area (TPSA) is 169 Å². The van der Waals surface area contributed by atoms with Crippen molar-refractivity contribution in [2.45, 2.75) is 166 Å². The van der Waals surface area contributed by atoms with E-state index in [9.17, 15) is 0 Å². The molecule has 1 aliphatic rings. The number of hydrogen-bond acceptors (Lipinski definition) is 12. The molecule has 0 spiro atoms. The van der Waals surface area contributed by atoms with Gasteiger partial charge < -0.3 is 9.13 Å². The van der Waals surface area contributed by atoms with Crippen molar-refractivity contribution in [2.75, 3.05) is 0 Å². The van der Waals surface area contributed by atoms with E-state index in [-0.39, 0.29) is 83.0 Å². The summed E-state index contributed by atoms with van der Waals surface area (Å²) in [5.41, 5.74) is 23.0. The maximum Gasteiger partial charge on any atom is 0.228 e. The summed E-state index contributed by atoms with van der Waals surface area (Å²) < 4.78 is 6.36. The Balaban J connectivity index is 0.000000164. The van der Waals surface area contributed by atoms with E-state index in [1.807, 2.05) is 34.9 Å². The minimum absolute atomic E-state index is 0. The zero-order valence-electron chi connectivity index (χ0n) is 72.0. The molecule has 0 bridgehead atoms. The molecule has 0 saturated carbocycles. The second kappa shape index (κ2) is 38.6. The Morgan fingerprint density at radius 3 is 1.45 bits per heavy atom. The standard InChI is InChI=1S/C36H34N5.C35H36N5.C32H34N5.3Ir/c1-24(2)20-32-34(33(21-25(3)4)38-23-37-32)41-35(29-17-14-28(15-18-29)26-10-6-5-7-11-26)39-40-36(41)31-19-16-27-12-8-9-13-30(27)22-31;1-22(2)19-24-11-9-12-25(20-23(3)4)31(24)33-39-38-32(40(33)34-36-17-10-18-37-34)26-15-16-28-27-13-7-8-14-29(27)35(5,6)30(28)21-26;1-20(2)27-29(28(21(3)4)34-19-33-27)37-30(23-15-17-24(18-16-23)32(5,6)7)35-36-31(37)26-14-10-12-22-11-8-9-13-25(22)26;;;/h5-18,22-25H,20-21H2,1-4H3;7-14,16-18,21-23H,19-20H2,1-6H3;8-13,15-21H,1-7H3;;;/q3*-1;;;. The van der Waals surface area contributed by atoms with Gasteiger partial charge in [0.25, 0.3) is 0 Å². The van der Waals surface area contributed by atoms with Crippen LogP contribution >= 0.6 is 0 Å². The normalized spacial score (nSPS) is 12.1. The summed E-state index contributed by atoms with van der Waals surface area (Å²) in [5.74, 6) is 7.31. The minimum Gasteiger partial charge on any atom is -0.313 e. The maximum atomic E-state index is 4.86. The molecule has 15 nitrogen and oxygen atoms in total. The summed E-state index contributed by atoms with van der Waals surface area (Å²) in [6, 6.07) is 84.5. The molecule has 6 heterocycles. The van der Waals surface area contributed by atoms with Crippen molar-refractivity contribution in [1.29, 1.82) is 0 Å². The zero-order chi connectivity index (χ0) is 82.7. The summed E-state index contributed by atoms with van der Waals surface area (Å²) >= 11 is 0. The third kappa shape index (κ3) is 19.0. The molecular formula is C103H104Ir3N15-3. The summed E-state index contributed by atoms with van der Waals surface area (Å²) in [7, 11) is 0. The van der Waals surface area contributed by atoms with Crippen molar-refractivity contribution in [3.05, 3.63) is 306 Å². The van der Waals surface area contributed by atoms with Gasteiger partial charge in [-0.05, 0) is 111 Å². The van der Waals surface area contributed by atoms with Gasteiger partial charge in [-0.2, -0.15) is 15.3 Å². The average Bonchev–Trinajstić information content (AvgIpc) is 1.57. The van der Waals surface area contributed by atoms with Crippen LogP contribution in [0.1, 0.15) is 180 Å². The van der Waals surface area contributed by atoms with Crippen LogP contribution in [0.3, 0.4) is 0 Å². The van der Waals surface area contributed by atoms with Gasteiger partial charge in [-0.15, -0.1) is 97.4 Å². The molecule has 16 aromatic rings. The van der Waals surface area contributed by atoms with Crippen molar-refractivity contribution in [3.8, 4) is 108 Å². The van der Waals surface area contributed by atoms with Gasteiger partial charge in [0, 0.05) is 89.4 Å². The fourth-order valence-electron chi connectivity index (χ4n) is 16.3. The van der Waals surface area contributed by atoms with Crippen LogP contribution in [0.15, 0.2) is 237 Å². The Bertz CT molecular complexity index is 6150.